The summed E-state index contributed by atoms with van der Waals surface area (Å²) in [4.78, 5) is 32.7. The quantitative estimate of drug-likeness (QED) is 0.366. The molecule has 1 amide bonds. The lowest BCUT2D eigenvalue weighted by Gasteiger charge is -2.25. The Bertz CT molecular complexity index is 1170. The van der Waals surface area contributed by atoms with Crippen molar-refractivity contribution in [2.45, 2.75) is 26.4 Å². The highest BCUT2D eigenvalue weighted by Gasteiger charge is 2.46. The summed E-state index contributed by atoms with van der Waals surface area (Å²) < 4.78 is 5.36. The number of amides is 1. The molecule has 158 valence electrons. The van der Waals surface area contributed by atoms with Crippen molar-refractivity contribution in [1.29, 1.82) is 0 Å². The second-order valence-electron chi connectivity index (χ2n) is 7.42. The molecule has 1 N–H and O–H groups in total. The van der Waals surface area contributed by atoms with E-state index in [2.05, 4.69) is 4.98 Å². The number of methoxy groups -OCH3 is 1. The summed E-state index contributed by atoms with van der Waals surface area (Å²) in [6.45, 7) is 3.98. The Labute approximate surface area is 184 Å². The summed E-state index contributed by atoms with van der Waals surface area (Å²) >= 11 is 1.51. The maximum atomic E-state index is 13.1. The van der Waals surface area contributed by atoms with E-state index in [1.165, 1.54) is 16.2 Å². The molecule has 31 heavy (non-hydrogen) atoms. The van der Waals surface area contributed by atoms with E-state index in [0.717, 1.165) is 21.6 Å². The van der Waals surface area contributed by atoms with Gasteiger partial charge in [-0.25, -0.2) is 0 Å². The number of aryl methyl sites for hydroxylation is 2. The molecule has 2 aromatic heterocycles. The summed E-state index contributed by atoms with van der Waals surface area (Å²) in [5.41, 5.74) is 2.88. The molecule has 1 aromatic carbocycles. The van der Waals surface area contributed by atoms with Crippen LogP contribution in [0.5, 0.6) is 5.75 Å². The molecular formula is C24H22N2O4S. The van der Waals surface area contributed by atoms with Crippen molar-refractivity contribution in [3.8, 4) is 5.75 Å². The number of nitrogens with zero attached hydrogens (tertiary/aromatic N) is 2. The summed E-state index contributed by atoms with van der Waals surface area (Å²) in [6, 6.07) is 10.2. The van der Waals surface area contributed by atoms with Crippen LogP contribution >= 0.6 is 11.3 Å². The predicted octanol–water partition coefficient (Wildman–Crippen LogP) is 4.39. The van der Waals surface area contributed by atoms with Crippen LogP contribution in [-0.4, -0.2) is 33.8 Å². The van der Waals surface area contributed by atoms with Gasteiger partial charge < -0.3 is 14.7 Å². The van der Waals surface area contributed by atoms with Gasteiger partial charge >= 0.3 is 0 Å². The molecule has 7 heteroatoms. The van der Waals surface area contributed by atoms with Crippen molar-refractivity contribution < 1.29 is 19.4 Å². The Morgan fingerprint density at radius 1 is 1.16 bits per heavy atom. The van der Waals surface area contributed by atoms with E-state index >= 15 is 0 Å². The molecule has 1 aliphatic rings. The van der Waals surface area contributed by atoms with Crippen LogP contribution in [0.1, 0.15) is 33.2 Å². The minimum Gasteiger partial charge on any atom is -0.507 e. The SMILES string of the molecule is COc1cc(C)c(/C(O)=C2\C(=O)C(=O)N(Cc3cccs3)C2c2ccncc2)cc1C. The van der Waals surface area contributed by atoms with E-state index in [0.29, 0.717) is 11.3 Å². The number of thiophene rings is 1. The van der Waals surface area contributed by atoms with Gasteiger partial charge in [-0.05, 0) is 66.2 Å². The molecule has 1 atom stereocenters. The molecule has 4 rings (SSSR count). The smallest absolute Gasteiger partial charge is 0.295 e. The summed E-state index contributed by atoms with van der Waals surface area (Å²) in [7, 11) is 1.58. The van der Waals surface area contributed by atoms with E-state index in [4.69, 9.17) is 4.74 Å². The number of aromatic nitrogens is 1. The minimum atomic E-state index is -0.702. The molecule has 0 saturated carbocycles. The second-order valence-corrected chi connectivity index (χ2v) is 8.46. The number of ketones is 1. The highest BCUT2D eigenvalue weighted by molar-refractivity contribution is 7.09. The Morgan fingerprint density at radius 3 is 2.55 bits per heavy atom. The summed E-state index contributed by atoms with van der Waals surface area (Å²) in [5, 5.41) is 13.2. The number of hydrogen-bond donors (Lipinski definition) is 1. The number of likely N-dealkylation sites (tertiary alicyclic amines) is 1. The van der Waals surface area contributed by atoms with Gasteiger partial charge in [0.25, 0.3) is 11.7 Å². The molecule has 0 radical (unpaired) electrons. The standard InChI is InChI=1S/C24H22N2O4S/c1-14-12-19(30-3)15(2)11-18(14)22(27)20-21(16-6-8-25-9-7-16)26(24(29)23(20)28)13-17-5-4-10-31-17/h4-12,21,27H,13H2,1-3H3/b22-20+. The fraction of sp³-hybridized carbons (Fsp3) is 0.208. The molecule has 0 spiro atoms. The van der Waals surface area contributed by atoms with E-state index in [9.17, 15) is 14.7 Å². The topological polar surface area (TPSA) is 79.7 Å². The third-order valence-corrected chi connectivity index (χ3v) is 6.33. The Balaban J connectivity index is 1.89. The molecule has 1 fully saturated rings. The van der Waals surface area contributed by atoms with Gasteiger partial charge in [0.1, 0.15) is 11.5 Å². The number of hydrogen-bond acceptors (Lipinski definition) is 6. The van der Waals surface area contributed by atoms with Gasteiger partial charge in [0.2, 0.25) is 0 Å². The molecule has 1 saturated heterocycles. The first kappa shape index (κ1) is 20.8. The second kappa shape index (κ2) is 8.35. The number of rotatable bonds is 5. The number of Topliss-reactive ketones (excluding diaryl/α,β-unsaturated/α-hetero) is 1. The van der Waals surface area contributed by atoms with Crippen LogP contribution in [0.2, 0.25) is 0 Å². The molecule has 1 unspecified atom stereocenters. The summed E-state index contributed by atoms with van der Waals surface area (Å²) in [5.74, 6) is -0.807. The van der Waals surface area contributed by atoms with Crippen LogP contribution in [0.25, 0.3) is 5.76 Å². The number of carbonyl (C=O) groups excluding carboxylic acids is 2. The Hall–Kier alpha value is -3.45. The van der Waals surface area contributed by atoms with Gasteiger partial charge in [-0.3, -0.25) is 14.6 Å². The van der Waals surface area contributed by atoms with Crippen LogP contribution in [0.15, 0.2) is 59.7 Å². The largest absolute Gasteiger partial charge is 0.507 e. The molecule has 3 heterocycles. The Morgan fingerprint density at radius 2 is 1.90 bits per heavy atom. The first-order valence-electron chi connectivity index (χ1n) is 9.78. The first-order chi connectivity index (χ1) is 14.9. The average molecular weight is 435 g/mol. The number of ether oxygens (including phenoxy) is 1. The molecule has 6 nitrogen and oxygen atoms in total. The van der Waals surface area contributed by atoms with E-state index in [1.807, 2.05) is 37.4 Å². The van der Waals surface area contributed by atoms with Crippen LogP contribution < -0.4 is 4.74 Å². The fourth-order valence-electron chi connectivity index (χ4n) is 3.92. The monoisotopic (exact) mass is 434 g/mol. The zero-order valence-electron chi connectivity index (χ0n) is 17.5. The lowest BCUT2D eigenvalue weighted by Crippen LogP contribution is -2.28. The lowest BCUT2D eigenvalue weighted by atomic mass is 9.93. The van der Waals surface area contributed by atoms with Gasteiger partial charge in [0, 0.05) is 22.8 Å². The van der Waals surface area contributed by atoms with Crippen molar-refractivity contribution in [2.75, 3.05) is 7.11 Å². The maximum absolute atomic E-state index is 13.1. The molecule has 0 aliphatic carbocycles. The van der Waals surface area contributed by atoms with Gasteiger partial charge in [-0.15, -0.1) is 11.3 Å². The zero-order valence-corrected chi connectivity index (χ0v) is 18.3. The number of aliphatic hydroxyl groups excluding tert-OH is 1. The van der Waals surface area contributed by atoms with Crippen LogP contribution in [0, 0.1) is 13.8 Å². The van der Waals surface area contributed by atoms with Crippen molar-refractivity contribution in [3.63, 3.8) is 0 Å². The lowest BCUT2D eigenvalue weighted by molar-refractivity contribution is -0.140. The fourth-order valence-corrected chi connectivity index (χ4v) is 4.62. The van der Waals surface area contributed by atoms with Gasteiger partial charge in [-0.2, -0.15) is 0 Å². The number of benzene rings is 1. The normalized spacial score (nSPS) is 17.9. The first-order valence-corrected chi connectivity index (χ1v) is 10.7. The highest BCUT2D eigenvalue weighted by Crippen LogP contribution is 2.41. The van der Waals surface area contributed by atoms with Gasteiger partial charge in [0.15, 0.2) is 0 Å². The predicted molar refractivity (Wildman–Crippen MR) is 119 cm³/mol. The molecule has 1 aliphatic heterocycles. The number of carbonyl (C=O) groups is 2. The Kier molecular flexibility index (Phi) is 5.61. The molecule has 0 bridgehead atoms. The van der Waals surface area contributed by atoms with E-state index < -0.39 is 17.7 Å². The third kappa shape index (κ3) is 3.72. The van der Waals surface area contributed by atoms with Crippen LogP contribution in [0.3, 0.4) is 0 Å². The van der Waals surface area contributed by atoms with Crippen molar-refractivity contribution in [2.24, 2.45) is 0 Å². The van der Waals surface area contributed by atoms with Gasteiger partial charge in [0.05, 0.1) is 25.3 Å². The van der Waals surface area contributed by atoms with Crippen molar-refractivity contribution in [3.05, 3.63) is 86.9 Å². The van der Waals surface area contributed by atoms with Crippen LogP contribution in [-0.2, 0) is 16.1 Å². The summed E-state index contributed by atoms with van der Waals surface area (Å²) in [6.07, 6.45) is 3.23. The van der Waals surface area contributed by atoms with Crippen molar-refractivity contribution in [1.82, 2.24) is 9.88 Å². The number of pyridine rings is 1. The van der Waals surface area contributed by atoms with Crippen molar-refractivity contribution >= 4 is 28.8 Å². The van der Waals surface area contributed by atoms with E-state index in [1.54, 1.807) is 37.7 Å². The maximum Gasteiger partial charge on any atom is 0.295 e. The third-order valence-electron chi connectivity index (χ3n) is 5.47. The molecule has 3 aromatic rings. The number of aliphatic hydroxyl groups is 1. The zero-order chi connectivity index (χ0) is 22.1. The highest BCUT2D eigenvalue weighted by atomic mass is 32.1. The van der Waals surface area contributed by atoms with Gasteiger partial charge in [-0.1, -0.05) is 6.07 Å². The minimum absolute atomic E-state index is 0.0837. The van der Waals surface area contributed by atoms with E-state index in [-0.39, 0.29) is 17.9 Å². The van der Waals surface area contributed by atoms with Crippen LogP contribution in [0.4, 0.5) is 0 Å². The average Bonchev–Trinajstić information content (AvgIpc) is 3.37. The molecular weight excluding hydrogens is 412 g/mol.